The number of aryl methyl sites for hydroxylation is 1. The summed E-state index contributed by atoms with van der Waals surface area (Å²) in [4.78, 5) is 0. The van der Waals surface area contributed by atoms with Gasteiger partial charge in [0, 0.05) is 25.0 Å². The molecule has 14 heavy (non-hydrogen) atoms. The predicted molar refractivity (Wildman–Crippen MR) is 58.5 cm³/mol. The van der Waals surface area contributed by atoms with Gasteiger partial charge >= 0.3 is 0 Å². The van der Waals surface area contributed by atoms with Crippen molar-refractivity contribution in [1.29, 1.82) is 0 Å². The molecule has 0 fully saturated rings. The lowest BCUT2D eigenvalue weighted by atomic mass is 10.2. The molecule has 80 valence electrons. The second-order valence-corrected chi connectivity index (χ2v) is 3.58. The zero-order valence-corrected chi connectivity index (χ0v) is 9.34. The van der Waals surface area contributed by atoms with E-state index in [0.717, 1.165) is 19.6 Å². The molecule has 3 nitrogen and oxygen atoms in total. The molecule has 0 unspecified atom stereocenters. The molecule has 1 aromatic rings. The summed E-state index contributed by atoms with van der Waals surface area (Å²) in [6.07, 6.45) is 0.965. The number of aromatic nitrogens is 1. The number of rotatable bonds is 5. The van der Waals surface area contributed by atoms with Crippen molar-refractivity contribution in [3.05, 3.63) is 23.0 Å². The maximum absolute atomic E-state index is 5.55. The van der Waals surface area contributed by atoms with Crippen LogP contribution in [0.15, 0.2) is 6.07 Å². The van der Waals surface area contributed by atoms with Crippen molar-refractivity contribution in [2.75, 3.05) is 20.3 Å². The van der Waals surface area contributed by atoms with Crippen LogP contribution in [0.25, 0.3) is 0 Å². The molecule has 0 spiro atoms. The summed E-state index contributed by atoms with van der Waals surface area (Å²) in [5, 5.41) is 0. The summed E-state index contributed by atoms with van der Waals surface area (Å²) in [7, 11) is 1.73. The molecule has 0 atom stereocenters. The number of nitrogens with zero attached hydrogens (tertiary/aromatic N) is 1. The number of hydrogen-bond donors (Lipinski definition) is 1. The monoisotopic (exact) mass is 196 g/mol. The molecular weight excluding hydrogens is 176 g/mol. The molecular formula is C11H20N2O. The average Bonchev–Trinajstić information content (AvgIpc) is 2.41. The lowest BCUT2D eigenvalue weighted by molar-refractivity contribution is 0.186. The molecule has 0 radical (unpaired) electrons. The van der Waals surface area contributed by atoms with Gasteiger partial charge in [-0.3, -0.25) is 0 Å². The molecule has 1 rings (SSSR count). The predicted octanol–water partition coefficient (Wildman–Crippen LogP) is 1.25. The van der Waals surface area contributed by atoms with E-state index in [0.29, 0.717) is 6.54 Å². The van der Waals surface area contributed by atoms with Gasteiger partial charge in [0.25, 0.3) is 0 Å². The van der Waals surface area contributed by atoms with Crippen LogP contribution in [0.5, 0.6) is 0 Å². The van der Waals surface area contributed by atoms with Crippen molar-refractivity contribution in [2.45, 2.75) is 26.8 Å². The van der Waals surface area contributed by atoms with Gasteiger partial charge in [-0.1, -0.05) is 0 Å². The second-order valence-electron chi connectivity index (χ2n) is 3.58. The van der Waals surface area contributed by atoms with Gasteiger partial charge in [-0.15, -0.1) is 0 Å². The van der Waals surface area contributed by atoms with Crippen molar-refractivity contribution in [3.8, 4) is 0 Å². The van der Waals surface area contributed by atoms with Crippen molar-refractivity contribution in [1.82, 2.24) is 4.57 Å². The zero-order chi connectivity index (χ0) is 10.6. The summed E-state index contributed by atoms with van der Waals surface area (Å²) in [6, 6.07) is 2.22. The fraction of sp³-hybridized carbons (Fsp3) is 0.636. The molecule has 1 aromatic heterocycles. The van der Waals surface area contributed by atoms with Crippen LogP contribution in [-0.2, 0) is 17.7 Å². The molecule has 0 amide bonds. The third-order valence-electron chi connectivity index (χ3n) is 2.61. The number of nitrogens with two attached hydrogens (primary N) is 1. The van der Waals surface area contributed by atoms with E-state index in [1.54, 1.807) is 7.11 Å². The quantitative estimate of drug-likeness (QED) is 0.770. The van der Waals surface area contributed by atoms with Gasteiger partial charge in [0.1, 0.15) is 0 Å². The summed E-state index contributed by atoms with van der Waals surface area (Å²) < 4.78 is 7.37. The van der Waals surface area contributed by atoms with E-state index in [-0.39, 0.29) is 0 Å². The van der Waals surface area contributed by atoms with E-state index in [2.05, 4.69) is 24.5 Å². The highest BCUT2D eigenvalue weighted by Crippen LogP contribution is 2.14. The van der Waals surface area contributed by atoms with Gasteiger partial charge in [-0.05, 0) is 38.4 Å². The number of hydrogen-bond acceptors (Lipinski definition) is 2. The highest BCUT2D eigenvalue weighted by molar-refractivity contribution is 5.26. The topological polar surface area (TPSA) is 40.2 Å². The first-order chi connectivity index (χ1) is 6.70. The van der Waals surface area contributed by atoms with Crippen molar-refractivity contribution in [3.63, 3.8) is 0 Å². The third-order valence-corrected chi connectivity index (χ3v) is 2.61. The van der Waals surface area contributed by atoms with Gasteiger partial charge in [0.15, 0.2) is 0 Å². The minimum absolute atomic E-state index is 0.717. The Morgan fingerprint density at radius 3 is 2.71 bits per heavy atom. The van der Waals surface area contributed by atoms with Crippen LogP contribution in [0.2, 0.25) is 0 Å². The average molecular weight is 196 g/mol. The van der Waals surface area contributed by atoms with Crippen molar-refractivity contribution in [2.24, 2.45) is 5.73 Å². The van der Waals surface area contributed by atoms with Crippen molar-refractivity contribution < 1.29 is 4.74 Å². The van der Waals surface area contributed by atoms with Gasteiger partial charge < -0.3 is 15.0 Å². The molecule has 2 N–H and O–H groups in total. The van der Waals surface area contributed by atoms with E-state index in [1.165, 1.54) is 17.0 Å². The first kappa shape index (κ1) is 11.3. The first-order valence-electron chi connectivity index (χ1n) is 5.05. The zero-order valence-electron chi connectivity index (χ0n) is 9.34. The maximum Gasteiger partial charge on any atom is 0.0641 e. The van der Waals surface area contributed by atoms with Crippen molar-refractivity contribution >= 4 is 0 Å². The van der Waals surface area contributed by atoms with Gasteiger partial charge in [0.2, 0.25) is 0 Å². The molecule has 0 aliphatic heterocycles. The third kappa shape index (κ3) is 2.36. The van der Waals surface area contributed by atoms with Crippen LogP contribution in [-0.4, -0.2) is 24.8 Å². The molecule has 0 saturated heterocycles. The molecule has 0 aliphatic carbocycles. The molecule has 1 heterocycles. The maximum atomic E-state index is 5.55. The summed E-state index contributed by atoms with van der Waals surface area (Å²) >= 11 is 0. The van der Waals surface area contributed by atoms with Gasteiger partial charge in [-0.25, -0.2) is 0 Å². The lowest BCUT2D eigenvalue weighted by Crippen LogP contribution is -2.08. The van der Waals surface area contributed by atoms with E-state index in [9.17, 15) is 0 Å². The Hall–Kier alpha value is -0.800. The van der Waals surface area contributed by atoms with E-state index in [4.69, 9.17) is 10.5 Å². The Kier molecular flexibility index (Phi) is 4.17. The SMILES string of the molecule is COCCn1c(C)cc(CCN)c1C. The number of methoxy groups -OCH3 is 1. The molecule has 0 bridgehead atoms. The summed E-state index contributed by atoms with van der Waals surface area (Å²) in [5.74, 6) is 0. The van der Waals surface area contributed by atoms with Crippen LogP contribution in [0.1, 0.15) is 17.0 Å². The largest absolute Gasteiger partial charge is 0.383 e. The van der Waals surface area contributed by atoms with Crippen LogP contribution in [0, 0.1) is 13.8 Å². The Morgan fingerprint density at radius 1 is 1.43 bits per heavy atom. The fourth-order valence-electron chi connectivity index (χ4n) is 1.81. The normalized spacial score (nSPS) is 10.9. The second kappa shape index (κ2) is 5.17. The highest BCUT2D eigenvalue weighted by atomic mass is 16.5. The van der Waals surface area contributed by atoms with Crippen LogP contribution < -0.4 is 5.73 Å². The van der Waals surface area contributed by atoms with Crippen LogP contribution in [0.4, 0.5) is 0 Å². The number of ether oxygens (including phenoxy) is 1. The van der Waals surface area contributed by atoms with E-state index >= 15 is 0 Å². The minimum atomic E-state index is 0.717. The van der Waals surface area contributed by atoms with Gasteiger partial charge in [0.05, 0.1) is 6.61 Å². The fourth-order valence-corrected chi connectivity index (χ4v) is 1.81. The highest BCUT2D eigenvalue weighted by Gasteiger charge is 2.07. The Balaban J connectivity index is 2.81. The smallest absolute Gasteiger partial charge is 0.0641 e. The summed E-state index contributed by atoms with van der Waals surface area (Å²) in [6.45, 7) is 6.68. The Labute approximate surface area is 85.9 Å². The Bertz CT molecular complexity index is 292. The molecule has 0 aliphatic rings. The van der Waals surface area contributed by atoms with Gasteiger partial charge in [-0.2, -0.15) is 0 Å². The Morgan fingerprint density at radius 2 is 2.14 bits per heavy atom. The molecule has 0 saturated carbocycles. The minimum Gasteiger partial charge on any atom is -0.383 e. The van der Waals surface area contributed by atoms with E-state index in [1.807, 2.05) is 0 Å². The summed E-state index contributed by atoms with van der Waals surface area (Å²) in [5.41, 5.74) is 9.54. The standard InChI is InChI=1S/C11H20N2O/c1-9-8-11(4-5-12)10(2)13(9)6-7-14-3/h8H,4-7,12H2,1-3H3. The van der Waals surface area contributed by atoms with Crippen LogP contribution in [0.3, 0.4) is 0 Å². The lowest BCUT2D eigenvalue weighted by Gasteiger charge is -2.08. The van der Waals surface area contributed by atoms with Crippen LogP contribution >= 0.6 is 0 Å². The molecule has 0 aromatic carbocycles. The van der Waals surface area contributed by atoms with E-state index < -0.39 is 0 Å². The first-order valence-corrected chi connectivity index (χ1v) is 5.05. The molecule has 3 heteroatoms.